The van der Waals surface area contributed by atoms with Gasteiger partial charge in [-0.2, -0.15) is 0 Å². The van der Waals surface area contributed by atoms with Crippen LogP contribution in [0.3, 0.4) is 0 Å². The molecule has 1 heterocycles. The van der Waals surface area contributed by atoms with Gasteiger partial charge in [0.1, 0.15) is 0 Å². The van der Waals surface area contributed by atoms with Crippen LogP contribution in [0.4, 0.5) is 11.4 Å². The van der Waals surface area contributed by atoms with Gasteiger partial charge in [0.25, 0.3) is 11.8 Å². The van der Waals surface area contributed by atoms with Crippen molar-refractivity contribution < 1.29 is 9.59 Å². The molecule has 0 aliphatic carbocycles. The van der Waals surface area contributed by atoms with Gasteiger partial charge >= 0.3 is 0 Å². The maximum Gasteiger partial charge on any atom is 0.257 e. The Labute approximate surface area is 209 Å². The van der Waals surface area contributed by atoms with Crippen molar-refractivity contribution in [3.63, 3.8) is 0 Å². The number of aliphatic imine (C=N–C) groups is 1. The molecule has 35 heavy (non-hydrogen) atoms. The largest absolute Gasteiger partial charge is 0.356 e. The molecule has 0 unspecified atom stereocenters. The fourth-order valence-corrected chi connectivity index (χ4v) is 3.97. The lowest BCUT2D eigenvalue weighted by atomic mass is 9.98. The van der Waals surface area contributed by atoms with E-state index in [1.54, 1.807) is 6.07 Å². The molecule has 0 saturated carbocycles. The van der Waals surface area contributed by atoms with E-state index in [9.17, 15) is 9.59 Å². The molecule has 4 N–H and O–H groups in total. The van der Waals surface area contributed by atoms with Gasteiger partial charge in [0.05, 0.1) is 0 Å². The van der Waals surface area contributed by atoms with Gasteiger partial charge in [0, 0.05) is 42.1 Å². The molecule has 0 saturated heterocycles. The summed E-state index contributed by atoms with van der Waals surface area (Å²) in [5.74, 6) is 1.18. The maximum absolute atomic E-state index is 12.7. The second-order valence-corrected chi connectivity index (χ2v) is 9.77. The zero-order valence-corrected chi connectivity index (χ0v) is 21.4. The Balaban J connectivity index is 1.66. The molecule has 0 spiro atoms. The third-order valence-electron chi connectivity index (χ3n) is 5.96. The molecule has 0 atom stereocenters. The Hall–Kier alpha value is -3.35. The van der Waals surface area contributed by atoms with E-state index in [1.165, 1.54) is 6.42 Å². The summed E-state index contributed by atoms with van der Waals surface area (Å²) in [4.78, 5) is 29.7. The zero-order chi connectivity index (χ0) is 25.2. The second kappa shape index (κ2) is 12.9. The molecule has 3 rings (SSSR count). The van der Waals surface area contributed by atoms with Crippen LogP contribution in [0.2, 0.25) is 0 Å². The van der Waals surface area contributed by atoms with Crippen molar-refractivity contribution >= 4 is 29.1 Å². The molecule has 1 aliphatic rings. The lowest BCUT2D eigenvalue weighted by Crippen LogP contribution is -2.43. The number of anilines is 2. The monoisotopic (exact) mass is 477 g/mol. The van der Waals surface area contributed by atoms with Gasteiger partial charge in [-0.3, -0.25) is 19.9 Å². The lowest BCUT2D eigenvalue weighted by Gasteiger charge is -2.18. The summed E-state index contributed by atoms with van der Waals surface area (Å²) in [6.45, 7) is 10.8. The molecule has 1 aliphatic heterocycles. The van der Waals surface area contributed by atoms with Crippen molar-refractivity contribution in [2.24, 2.45) is 10.9 Å². The number of benzene rings is 2. The maximum atomic E-state index is 12.7. The van der Waals surface area contributed by atoms with Crippen LogP contribution in [0.5, 0.6) is 0 Å². The number of nitrogens with one attached hydrogen (secondary N) is 4. The molecule has 0 radical (unpaired) electrons. The number of hydrogen-bond donors (Lipinski definition) is 4. The van der Waals surface area contributed by atoms with Crippen LogP contribution in [0.25, 0.3) is 0 Å². The topological polar surface area (TPSA) is 94.6 Å². The predicted molar refractivity (Wildman–Crippen MR) is 144 cm³/mol. The van der Waals surface area contributed by atoms with Crippen LogP contribution < -0.4 is 21.3 Å². The molecule has 2 amide bonds. The number of nitrogens with zero attached hydrogens (tertiary/aromatic N) is 1. The minimum atomic E-state index is -0.182. The Bertz CT molecular complexity index is 1050. The molecular formula is C28H39N5O2. The van der Waals surface area contributed by atoms with Gasteiger partial charge in [-0.05, 0) is 66.6 Å². The van der Waals surface area contributed by atoms with Crippen LogP contribution in [-0.2, 0) is 0 Å². The van der Waals surface area contributed by atoms with Gasteiger partial charge < -0.3 is 16.0 Å². The van der Waals surface area contributed by atoms with Crippen molar-refractivity contribution in [3.05, 3.63) is 59.2 Å². The molecule has 188 valence electrons. The molecule has 2 aromatic rings. The quantitative estimate of drug-likeness (QED) is 0.354. The summed E-state index contributed by atoms with van der Waals surface area (Å²) in [6.07, 6.45) is 4.26. The first kappa shape index (κ1) is 26.3. The fourth-order valence-electron chi connectivity index (χ4n) is 3.97. The van der Waals surface area contributed by atoms with Gasteiger partial charge in [0.2, 0.25) is 0 Å². The second-order valence-electron chi connectivity index (χ2n) is 9.77. The van der Waals surface area contributed by atoms with Crippen LogP contribution in [0.15, 0.2) is 47.5 Å². The molecule has 0 bridgehead atoms. The average Bonchev–Trinajstić information content (AvgIpc) is 2.84. The highest BCUT2D eigenvalue weighted by molar-refractivity contribution is 6.06. The highest BCUT2D eigenvalue weighted by atomic mass is 16.2. The Morgan fingerprint density at radius 3 is 2.51 bits per heavy atom. The van der Waals surface area contributed by atoms with Crippen molar-refractivity contribution in [2.45, 2.75) is 59.3 Å². The van der Waals surface area contributed by atoms with Gasteiger partial charge in [-0.25, -0.2) is 0 Å². The summed E-state index contributed by atoms with van der Waals surface area (Å²) < 4.78 is 0. The number of hydrogen-bond acceptors (Lipinski definition) is 5. The molecule has 0 fully saturated rings. The summed E-state index contributed by atoms with van der Waals surface area (Å²) in [5.41, 5.74) is 3.98. The van der Waals surface area contributed by atoms with E-state index < -0.39 is 0 Å². The van der Waals surface area contributed by atoms with Crippen molar-refractivity contribution in [1.82, 2.24) is 16.0 Å². The predicted octanol–water partition coefficient (Wildman–Crippen LogP) is 5.19. The summed E-state index contributed by atoms with van der Waals surface area (Å²) in [6, 6.07) is 13.2. The number of guanidine groups is 1. The highest BCUT2D eigenvalue weighted by Gasteiger charge is 2.15. The van der Waals surface area contributed by atoms with E-state index in [1.807, 2.05) is 36.4 Å². The average molecular weight is 478 g/mol. The van der Waals surface area contributed by atoms with Crippen molar-refractivity contribution in [1.29, 1.82) is 0 Å². The van der Waals surface area contributed by atoms with E-state index in [-0.39, 0.29) is 17.7 Å². The van der Waals surface area contributed by atoms with E-state index in [4.69, 9.17) is 0 Å². The van der Waals surface area contributed by atoms with Gasteiger partial charge in [-0.15, -0.1) is 0 Å². The van der Waals surface area contributed by atoms with Crippen LogP contribution in [0.1, 0.15) is 85.6 Å². The normalized spacial score (nSPS) is 13.3. The van der Waals surface area contributed by atoms with E-state index >= 15 is 0 Å². The first-order valence-electron chi connectivity index (χ1n) is 12.7. The third kappa shape index (κ3) is 8.12. The smallest absolute Gasteiger partial charge is 0.257 e. The fraction of sp³-hybridized carbons (Fsp3) is 0.464. The van der Waals surface area contributed by atoms with E-state index in [0.717, 1.165) is 49.3 Å². The number of rotatable bonds is 10. The first-order chi connectivity index (χ1) is 16.8. The number of unbranched alkanes of at least 4 members (excludes halogenated alkanes) is 1. The SMILES string of the molecule is CC(C)CCCCNC(=O)c1cccc(Nc2ccc(C(=O)NC3=NCCCN3)cc2C(C)C)c1. The number of amides is 2. The van der Waals surface area contributed by atoms with Gasteiger partial charge in [0.15, 0.2) is 5.96 Å². The van der Waals surface area contributed by atoms with Crippen LogP contribution in [0, 0.1) is 5.92 Å². The molecule has 7 nitrogen and oxygen atoms in total. The van der Waals surface area contributed by atoms with Crippen molar-refractivity contribution in [2.75, 3.05) is 25.0 Å². The Kier molecular flexibility index (Phi) is 9.70. The lowest BCUT2D eigenvalue weighted by molar-refractivity contribution is 0.0950. The van der Waals surface area contributed by atoms with Crippen LogP contribution >= 0.6 is 0 Å². The summed E-state index contributed by atoms with van der Waals surface area (Å²) in [5, 5.41) is 12.4. The standard InChI is InChI=1S/C28H39N5O2/c1-19(2)9-5-6-14-29-26(34)21-10-7-11-23(17-21)32-25-13-12-22(18-24(25)20(3)4)27(35)33-28-30-15-8-16-31-28/h7,10-13,17-20,32H,5-6,8-9,14-16H2,1-4H3,(H,29,34)(H2,30,31,33,35). The van der Waals surface area contributed by atoms with E-state index in [0.29, 0.717) is 29.5 Å². The highest BCUT2D eigenvalue weighted by Crippen LogP contribution is 2.29. The number of carbonyl (C=O) groups is 2. The Morgan fingerprint density at radius 2 is 1.80 bits per heavy atom. The first-order valence-corrected chi connectivity index (χ1v) is 12.7. The Morgan fingerprint density at radius 1 is 1.00 bits per heavy atom. The zero-order valence-electron chi connectivity index (χ0n) is 21.4. The number of carbonyl (C=O) groups excluding carboxylic acids is 2. The minimum absolute atomic E-state index is 0.0615. The molecular weight excluding hydrogens is 438 g/mol. The third-order valence-corrected chi connectivity index (χ3v) is 5.96. The summed E-state index contributed by atoms with van der Waals surface area (Å²) >= 11 is 0. The summed E-state index contributed by atoms with van der Waals surface area (Å²) in [7, 11) is 0. The van der Waals surface area contributed by atoms with Gasteiger partial charge in [-0.1, -0.05) is 46.6 Å². The van der Waals surface area contributed by atoms with E-state index in [2.05, 4.69) is 54.0 Å². The van der Waals surface area contributed by atoms with Crippen molar-refractivity contribution in [3.8, 4) is 0 Å². The minimum Gasteiger partial charge on any atom is -0.356 e. The van der Waals surface area contributed by atoms with Crippen LogP contribution in [-0.4, -0.2) is 37.4 Å². The molecule has 0 aromatic heterocycles. The molecule has 2 aromatic carbocycles. The molecule has 7 heteroatoms.